The Morgan fingerprint density at radius 3 is 2.54 bits per heavy atom. The second-order valence-electron chi connectivity index (χ2n) is 8.79. The van der Waals surface area contributed by atoms with E-state index >= 15 is 0 Å². The summed E-state index contributed by atoms with van der Waals surface area (Å²) in [4.78, 5) is 46.2. The van der Waals surface area contributed by atoms with Crippen LogP contribution in [0.4, 0.5) is 0 Å². The van der Waals surface area contributed by atoms with Crippen LogP contribution < -0.4 is 14.4 Å². The Morgan fingerprint density at radius 2 is 1.92 bits per heavy atom. The van der Waals surface area contributed by atoms with Gasteiger partial charge in [-0.05, 0) is 49.6 Å². The SMILES string of the molecule is CCOC(=O)c1[nH]c(C)c(/C([O-])=C2\C(=O)C(=O)N(CCC[n+]3cc[nH]c3)C2c2ccc(OC)cc2)c1C. The largest absolute Gasteiger partial charge is 0.872 e. The number of nitrogens with one attached hydrogen (secondary N) is 2. The fraction of sp³-hybridized carbons (Fsp3) is 0.333. The molecule has 0 aliphatic carbocycles. The number of aromatic amines is 2. The normalized spacial score (nSPS) is 16.9. The molecule has 4 rings (SSSR count). The number of rotatable bonds is 9. The number of benzene rings is 1. The number of nitrogens with zero attached hydrogens (tertiary/aromatic N) is 2. The van der Waals surface area contributed by atoms with E-state index in [1.807, 2.05) is 10.8 Å². The molecular formula is C27H30N4O6. The number of ketones is 1. The third kappa shape index (κ3) is 4.87. The number of H-pyrrole nitrogens is 2. The molecular weight excluding hydrogens is 476 g/mol. The zero-order valence-electron chi connectivity index (χ0n) is 21.3. The minimum atomic E-state index is -0.866. The molecule has 1 aromatic carbocycles. The molecule has 0 bridgehead atoms. The van der Waals surface area contributed by atoms with Gasteiger partial charge in [0.15, 0.2) is 0 Å². The van der Waals surface area contributed by atoms with Gasteiger partial charge < -0.3 is 24.5 Å². The van der Waals surface area contributed by atoms with E-state index in [1.54, 1.807) is 64.7 Å². The molecule has 1 amide bonds. The Kier molecular flexibility index (Phi) is 7.47. The van der Waals surface area contributed by atoms with Crippen molar-refractivity contribution >= 4 is 23.4 Å². The molecule has 194 valence electrons. The summed E-state index contributed by atoms with van der Waals surface area (Å²) in [5.74, 6) is -2.11. The van der Waals surface area contributed by atoms with Crippen LogP contribution in [0.1, 0.15) is 52.3 Å². The fourth-order valence-electron chi connectivity index (χ4n) is 4.75. The van der Waals surface area contributed by atoms with Gasteiger partial charge >= 0.3 is 5.97 Å². The summed E-state index contributed by atoms with van der Waals surface area (Å²) in [6.45, 7) is 6.04. The van der Waals surface area contributed by atoms with Gasteiger partial charge in [0.25, 0.3) is 5.91 Å². The highest BCUT2D eigenvalue weighted by Crippen LogP contribution is 2.40. The molecule has 3 heterocycles. The lowest BCUT2D eigenvalue weighted by atomic mass is 9.94. The monoisotopic (exact) mass is 506 g/mol. The molecule has 2 aromatic heterocycles. The minimum Gasteiger partial charge on any atom is -0.872 e. The quantitative estimate of drug-likeness (QED) is 0.149. The zero-order chi connectivity index (χ0) is 26.7. The molecule has 2 N–H and O–H groups in total. The van der Waals surface area contributed by atoms with Crippen LogP contribution in [0.25, 0.3) is 5.76 Å². The highest BCUT2D eigenvalue weighted by molar-refractivity contribution is 6.46. The molecule has 37 heavy (non-hydrogen) atoms. The topological polar surface area (TPSA) is 131 Å². The molecule has 10 heteroatoms. The first kappa shape index (κ1) is 25.7. The van der Waals surface area contributed by atoms with Crippen molar-refractivity contribution in [2.24, 2.45) is 0 Å². The molecule has 1 aliphatic heterocycles. The van der Waals surface area contributed by atoms with Crippen LogP contribution >= 0.6 is 0 Å². The molecule has 0 spiro atoms. The summed E-state index contributed by atoms with van der Waals surface area (Å²) in [5.41, 5.74) is 1.64. The molecule has 0 radical (unpaired) electrons. The Labute approximate surface area is 214 Å². The van der Waals surface area contributed by atoms with Gasteiger partial charge in [-0.15, -0.1) is 0 Å². The van der Waals surface area contributed by atoms with E-state index in [1.165, 1.54) is 4.90 Å². The number of methoxy groups -OCH3 is 1. The van der Waals surface area contributed by atoms with Gasteiger partial charge in [0, 0.05) is 24.2 Å². The van der Waals surface area contributed by atoms with Crippen molar-refractivity contribution in [1.82, 2.24) is 14.9 Å². The molecule has 1 fully saturated rings. The first-order valence-electron chi connectivity index (χ1n) is 12.1. The van der Waals surface area contributed by atoms with E-state index in [0.717, 1.165) is 0 Å². The van der Waals surface area contributed by atoms with E-state index in [9.17, 15) is 19.5 Å². The first-order chi connectivity index (χ1) is 17.8. The van der Waals surface area contributed by atoms with Crippen molar-refractivity contribution in [3.05, 3.63) is 76.6 Å². The fourth-order valence-corrected chi connectivity index (χ4v) is 4.75. The van der Waals surface area contributed by atoms with E-state index < -0.39 is 29.5 Å². The summed E-state index contributed by atoms with van der Waals surface area (Å²) < 4.78 is 12.3. The average molecular weight is 507 g/mol. The highest BCUT2D eigenvalue weighted by Gasteiger charge is 2.44. The van der Waals surface area contributed by atoms with Crippen LogP contribution in [0, 0.1) is 13.8 Å². The summed E-state index contributed by atoms with van der Waals surface area (Å²) in [6.07, 6.45) is 6.04. The van der Waals surface area contributed by atoms with E-state index in [-0.39, 0.29) is 30.0 Å². The predicted molar refractivity (Wildman–Crippen MR) is 131 cm³/mol. The predicted octanol–water partition coefficient (Wildman–Crippen LogP) is 1.75. The number of hydrogen-bond donors (Lipinski definition) is 2. The third-order valence-electron chi connectivity index (χ3n) is 6.52. The first-order valence-corrected chi connectivity index (χ1v) is 12.1. The number of hydrogen-bond acceptors (Lipinski definition) is 6. The van der Waals surface area contributed by atoms with Crippen LogP contribution in [0.3, 0.4) is 0 Å². The smallest absolute Gasteiger partial charge is 0.355 e. The minimum absolute atomic E-state index is 0.134. The summed E-state index contributed by atoms with van der Waals surface area (Å²) in [7, 11) is 1.54. The molecule has 1 aliphatic rings. The van der Waals surface area contributed by atoms with Crippen LogP contribution in [0.2, 0.25) is 0 Å². The maximum absolute atomic E-state index is 13.9. The zero-order valence-corrected chi connectivity index (χ0v) is 21.3. The van der Waals surface area contributed by atoms with Crippen molar-refractivity contribution in [3.8, 4) is 5.75 Å². The number of esters is 1. The lowest BCUT2D eigenvalue weighted by Gasteiger charge is -2.27. The number of amides is 1. The number of ether oxygens (including phenoxy) is 2. The van der Waals surface area contributed by atoms with Gasteiger partial charge in [-0.25, -0.2) is 9.36 Å². The average Bonchev–Trinajstić information content (AvgIpc) is 3.57. The van der Waals surface area contributed by atoms with E-state index in [2.05, 4.69) is 9.97 Å². The van der Waals surface area contributed by atoms with Crippen LogP contribution in [-0.2, 0) is 20.9 Å². The van der Waals surface area contributed by atoms with Crippen molar-refractivity contribution in [2.75, 3.05) is 20.3 Å². The lowest BCUT2D eigenvalue weighted by Crippen LogP contribution is -2.36. The molecule has 1 atom stereocenters. The van der Waals surface area contributed by atoms with Gasteiger partial charge in [-0.1, -0.05) is 17.9 Å². The maximum atomic E-state index is 13.9. The number of carbonyl (C=O) groups is 3. The van der Waals surface area contributed by atoms with Gasteiger partial charge in [0.05, 0.1) is 26.3 Å². The van der Waals surface area contributed by atoms with Crippen molar-refractivity contribution < 1.29 is 33.5 Å². The standard InChI is InChI=1S/C27H30N4O6/c1-5-37-27(35)22-16(2)20(17(3)29-22)24(32)21-23(18-7-9-19(36-4)10-8-18)31(26(34)25(21)33)13-6-12-30-14-11-28-15-30/h7-11,14-15,23H,5-6,12-13H2,1-4H3,(H2,29,32,33,35). The number of carbonyl (C=O) groups excluding carboxylic acids is 3. The third-order valence-corrected chi connectivity index (χ3v) is 6.52. The number of likely N-dealkylation sites (tertiary alicyclic amines) is 1. The van der Waals surface area contributed by atoms with Crippen LogP contribution in [0.5, 0.6) is 5.75 Å². The second kappa shape index (κ2) is 10.7. The lowest BCUT2D eigenvalue weighted by molar-refractivity contribution is -0.695. The van der Waals surface area contributed by atoms with Crippen LogP contribution in [0.15, 0.2) is 48.6 Å². The molecule has 1 saturated heterocycles. The van der Waals surface area contributed by atoms with Crippen molar-refractivity contribution in [1.29, 1.82) is 0 Å². The summed E-state index contributed by atoms with van der Waals surface area (Å²) >= 11 is 0. The van der Waals surface area contributed by atoms with Gasteiger partial charge in [0.1, 0.15) is 23.8 Å². The molecule has 3 aromatic rings. The van der Waals surface area contributed by atoms with E-state index in [4.69, 9.17) is 9.47 Å². The molecule has 1 unspecified atom stereocenters. The van der Waals surface area contributed by atoms with Crippen molar-refractivity contribution in [3.63, 3.8) is 0 Å². The Bertz CT molecular complexity index is 1340. The Balaban J connectivity index is 1.78. The van der Waals surface area contributed by atoms with Gasteiger partial charge in [-0.2, -0.15) is 0 Å². The summed E-state index contributed by atoms with van der Waals surface area (Å²) in [5, 5.41) is 13.9. The number of Topliss-reactive ketones (excluding diaryl/α,β-unsaturated/α-hetero) is 1. The van der Waals surface area contributed by atoms with Crippen molar-refractivity contribution in [2.45, 2.75) is 39.8 Å². The Hall–Kier alpha value is -4.34. The number of aromatic nitrogens is 3. The van der Waals surface area contributed by atoms with E-state index in [0.29, 0.717) is 35.5 Å². The Morgan fingerprint density at radius 1 is 1.19 bits per heavy atom. The van der Waals surface area contributed by atoms with Crippen LogP contribution in [-0.4, -0.2) is 52.8 Å². The number of aryl methyl sites for hydroxylation is 2. The van der Waals surface area contributed by atoms with Gasteiger partial charge in [0.2, 0.25) is 12.1 Å². The maximum Gasteiger partial charge on any atom is 0.355 e. The van der Waals surface area contributed by atoms with Gasteiger partial charge in [-0.3, -0.25) is 14.6 Å². The molecule has 10 nitrogen and oxygen atoms in total. The second-order valence-corrected chi connectivity index (χ2v) is 8.79. The highest BCUT2D eigenvalue weighted by atomic mass is 16.5. The molecule has 0 saturated carbocycles. The number of imidazole rings is 1. The summed E-state index contributed by atoms with van der Waals surface area (Å²) in [6, 6.07) is 6.08.